The summed E-state index contributed by atoms with van der Waals surface area (Å²) in [5, 5.41) is 19.2. The Morgan fingerprint density at radius 3 is 1.83 bits per heavy atom. The van der Waals surface area contributed by atoms with Crippen LogP contribution in [-0.4, -0.2) is 49.2 Å². The van der Waals surface area contributed by atoms with E-state index in [9.17, 15) is 9.59 Å². The summed E-state index contributed by atoms with van der Waals surface area (Å²) in [5.74, 6) is 0.761. The van der Waals surface area contributed by atoms with E-state index in [1.165, 1.54) is 0 Å². The SMILES string of the molecule is CCCC#N.N#CCCN1CCC(=O)CC1.O=C1CCNCC1. The molecule has 128 valence electrons. The Hall–Kier alpha value is -1.76. The summed E-state index contributed by atoms with van der Waals surface area (Å²) in [5.41, 5.74) is 0. The average Bonchev–Trinajstić information content (AvgIpc) is 2.57. The molecule has 2 aliphatic rings. The number of likely N-dealkylation sites (tertiary alicyclic amines) is 1. The van der Waals surface area contributed by atoms with Crippen molar-refractivity contribution in [3.8, 4) is 12.1 Å². The number of Topliss-reactive ketones (excluding diaryl/α,β-unsaturated/α-hetero) is 2. The predicted molar refractivity (Wildman–Crippen MR) is 88.5 cm³/mol. The number of hydrogen-bond donors (Lipinski definition) is 1. The van der Waals surface area contributed by atoms with Crippen LogP contribution >= 0.6 is 0 Å². The molecule has 6 heteroatoms. The van der Waals surface area contributed by atoms with Crippen molar-refractivity contribution >= 4 is 11.6 Å². The molecule has 2 fully saturated rings. The van der Waals surface area contributed by atoms with Crippen molar-refractivity contribution in [1.29, 1.82) is 10.5 Å². The quantitative estimate of drug-likeness (QED) is 0.852. The van der Waals surface area contributed by atoms with Gasteiger partial charge < -0.3 is 10.2 Å². The van der Waals surface area contributed by atoms with E-state index in [0.717, 1.165) is 52.0 Å². The summed E-state index contributed by atoms with van der Waals surface area (Å²) >= 11 is 0. The number of carbonyl (C=O) groups excluding carboxylic acids is 2. The molecule has 2 aliphatic heterocycles. The normalized spacial score (nSPS) is 17.7. The van der Waals surface area contributed by atoms with E-state index in [1.807, 2.05) is 13.0 Å². The molecule has 0 aromatic rings. The number of nitrogens with zero attached hydrogens (tertiary/aromatic N) is 3. The molecule has 2 heterocycles. The second kappa shape index (κ2) is 15.1. The lowest BCUT2D eigenvalue weighted by Gasteiger charge is -2.24. The molecule has 6 nitrogen and oxygen atoms in total. The Morgan fingerprint density at radius 1 is 0.957 bits per heavy atom. The molecule has 0 spiro atoms. The highest BCUT2D eigenvalue weighted by Gasteiger charge is 2.14. The molecule has 0 aromatic carbocycles. The maximum Gasteiger partial charge on any atom is 0.135 e. The van der Waals surface area contributed by atoms with Gasteiger partial charge in [-0.2, -0.15) is 10.5 Å². The molecule has 0 aromatic heterocycles. The Kier molecular flexibility index (Phi) is 14.0. The maximum atomic E-state index is 10.8. The first-order valence-corrected chi connectivity index (χ1v) is 8.34. The number of unbranched alkanes of at least 4 members (excludes halogenated alkanes) is 1. The van der Waals surface area contributed by atoms with Crippen molar-refractivity contribution < 1.29 is 9.59 Å². The molecule has 2 saturated heterocycles. The van der Waals surface area contributed by atoms with Crippen LogP contribution < -0.4 is 5.32 Å². The third kappa shape index (κ3) is 13.6. The maximum absolute atomic E-state index is 10.8. The first kappa shape index (κ1) is 21.2. The summed E-state index contributed by atoms with van der Waals surface area (Å²) in [6, 6.07) is 4.12. The lowest BCUT2D eigenvalue weighted by atomic mass is 10.1. The number of piperidine rings is 2. The van der Waals surface area contributed by atoms with Gasteiger partial charge in [-0.3, -0.25) is 9.59 Å². The molecule has 0 radical (unpaired) electrons. The van der Waals surface area contributed by atoms with Gasteiger partial charge in [0.05, 0.1) is 12.1 Å². The summed E-state index contributed by atoms with van der Waals surface area (Å²) in [7, 11) is 0. The van der Waals surface area contributed by atoms with Crippen LogP contribution in [0.3, 0.4) is 0 Å². The number of hydrogen-bond acceptors (Lipinski definition) is 6. The Labute approximate surface area is 139 Å². The summed E-state index contributed by atoms with van der Waals surface area (Å²) < 4.78 is 0. The topological polar surface area (TPSA) is 97.0 Å². The van der Waals surface area contributed by atoms with E-state index in [4.69, 9.17) is 10.5 Å². The smallest absolute Gasteiger partial charge is 0.135 e. The lowest BCUT2D eigenvalue weighted by Crippen LogP contribution is -2.34. The van der Waals surface area contributed by atoms with E-state index in [-0.39, 0.29) is 0 Å². The van der Waals surface area contributed by atoms with Gasteiger partial charge in [-0.15, -0.1) is 0 Å². The van der Waals surface area contributed by atoms with Gasteiger partial charge in [0, 0.05) is 71.2 Å². The fourth-order valence-electron chi connectivity index (χ4n) is 2.05. The van der Waals surface area contributed by atoms with Gasteiger partial charge in [-0.25, -0.2) is 0 Å². The zero-order valence-corrected chi connectivity index (χ0v) is 14.1. The third-order valence-electron chi connectivity index (χ3n) is 3.48. The van der Waals surface area contributed by atoms with Gasteiger partial charge in [-0.05, 0) is 6.42 Å². The Morgan fingerprint density at radius 2 is 1.48 bits per heavy atom. The molecule has 23 heavy (non-hydrogen) atoms. The van der Waals surface area contributed by atoms with Gasteiger partial charge in [0.1, 0.15) is 11.6 Å². The van der Waals surface area contributed by atoms with Gasteiger partial charge in [0.25, 0.3) is 0 Å². The number of carbonyl (C=O) groups is 2. The van der Waals surface area contributed by atoms with Crippen LogP contribution in [0, 0.1) is 22.7 Å². The van der Waals surface area contributed by atoms with E-state index in [2.05, 4.69) is 16.3 Å². The molecule has 0 unspecified atom stereocenters. The van der Waals surface area contributed by atoms with Gasteiger partial charge in [-0.1, -0.05) is 6.92 Å². The van der Waals surface area contributed by atoms with Crippen molar-refractivity contribution in [2.75, 3.05) is 32.7 Å². The summed E-state index contributed by atoms with van der Waals surface area (Å²) in [4.78, 5) is 23.4. The fraction of sp³-hybridized carbons (Fsp3) is 0.765. The second-order valence-corrected chi connectivity index (χ2v) is 5.49. The average molecular weight is 320 g/mol. The lowest BCUT2D eigenvalue weighted by molar-refractivity contribution is -0.121. The van der Waals surface area contributed by atoms with Crippen molar-refractivity contribution in [1.82, 2.24) is 10.2 Å². The minimum Gasteiger partial charge on any atom is -0.316 e. The zero-order valence-electron chi connectivity index (χ0n) is 14.1. The molecule has 0 amide bonds. The predicted octanol–water partition coefficient (Wildman–Crippen LogP) is 1.81. The Bertz CT molecular complexity index is 405. The monoisotopic (exact) mass is 320 g/mol. The van der Waals surface area contributed by atoms with Crippen molar-refractivity contribution in [3.05, 3.63) is 0 Å². The standard InChI is InChI=1S/C8H12N2O.C5H9NO.C4H7N/c9-4-1-5-10-6-2-8(11)3-7-10;7-5-1-3-6-4-2-5;1-2-3-4-5/h1-3,5-7H2;6H,1-4H2;2-3H2,1H3. The van der Waals surface area contributed by atoms with Crippen molar-refractivity contribution in [2.45, 2.75) is 51.9 Å². The van der Waals surface area contributed by atoms with Crippen LogP contribution in [0.2, 0.25) is 0 Å². The fourth-order valence-corrected chi connectivity index (χ4v) is 2.05. The number of rotatable bonds is 3. The Balaban J connectivity index is 0.000000347. The van der Waals surface area contributed by atoms with E-state index in [0.29, 0.717) is 37.2 Å². The van der Waals surface area contributed by atoms with Gasteiger partial charge in [0.2, 0.25) is 0 Å². The second-order valence-electron chi connectivity index (χ2n) is 5.49. The first-order chi connectivity index (χ1) is 11.1. The van der Waals surface area contributed by atoms with E-state index < -0.39 is 0 Å². The van der Waals surface area contributed by atoms with Crippen LogP contribution in [0.1, 0.15) is 51.9 Å². The highest BCUT2D eigenvalue weighted by atomic mass is 16.1. The van der Waals surface area contributed by atoms with Gasteiger partial charge >= 0.3 is 0 Å². The summed E-state index contributed by atoms with van der Waals surface area (Å²) in [6.45, 7) is 6.28. The van der Waals surface area contributed by atoms with Crippen LogP contribution in [0.4, 0.5) is 0 Å². The molecule has 1 N–H and O–H groups in total. The number of nitrogens with one attached hydrogen (secondary N) is 1. The van der Waals surface area contributed by atoms with Crippen molar-refractivity contribution in [3.63, 3.8) is 0 Å². The molecule has 0 atom stereocenters. The van der Waals surface area contributed by atoms with Gasteiger partial charge in [0.15, 0.2) is 0 Å². The minimum absolute atomic E-state index is 0.359. The number of ketones is 2. The molecular formula is C17H28N4O2. The van der Waals surface area contributed by atoms with E-state index in [1.54, 1.807) is 0 Å². The largest absolute Gasteiger partial charge is 0.316 e. The minimum atomic E-state index is 0.359. The van der Waals surface area contributed by atoms with Crippen LogP contribution in [0.5, 0.6) is 0 Å². The van der Waals surface area contributed by atoms with E-state index >= 15 is 0 Å². The van der Waals surface area contributed by atoms with Crippen molar-refractivity contribution in [2.24, 2.45) is 0 Å². The molecule has 2 rings (SSSR count). The first-order valence-electron chi connectivity index (χ1n) is 8.34. The zero-order chi connectivity index (χ0) is 17.3. The third-order valence-corrected chi connectivity index (χ3v) is 3.48. The van der Waals surface area contributed by atoms with Crippen LogP contribution in [-0.2, 0) is 9.59 Å². The summed E-state index contributed by atoms with van der Waals surface area (Å²) in [6.07, 6.45) is 5.07. The highest BCUT2D eigenvalue weighted by Crippen LogP contribution is 2.05. The van der Waals surface area contributed by atoms with Crippen LogP contribution in [0.15, 0.2) is 0 Å². The molecule has 0 bridgehead atoms. The number of nitriles is 2. The molecule has 0 aliphatic carbocycles. The molecule has 0 saturated carbocycles. The molecular weight excluding hydrogens is 292 g/mol. The highest BCUT2D eigenvalue weighted by molar-refractivity contribution is 5.79. The van der Waals surface area contributed by atoms with Crippen LogP contribution in [0.25, 0.3) is 0 Å².